The van der Waals surface area contributed by atoms with E-state index in [1.54, 1.807) is 26.3 Å². The quantitative estimate of drug-likeness (QED) is 0.620. The Balaban J connectivity index is 1.87. The molecule has 4 nitrogen and oxygen atoms in total. The van der Waals surface area contributed by atoms with Gasteiger partial charge in [-0.15, -0.1) is 0 Å². The predicted molar refractivity (Wildman–Crippen MR) is 96.3 cm³/mol. The molecule has 0 aromatic heterocycles. The van der Waals surface area contributed by atoms with Crippen molar-refractivity contribution in [1.29, 1.82) is 0 Å². The second kappa shape index (κ2) is 9.13. The maximum Gasteiger partial charge on any atom is 0.191 e. The molecule has 0 amide bonds. The summed E-state index contributed by atoms with van der Waals surface area (Å²) in [7, 11) is 3.33. The number of halogens is 2. The summed E-state index contributed by atoms with van der Waals surface area (Å²) in [5.41, 5.74) is 1.53. The number of guanidine groups is 1. The largest absolute Gasteiger partial charge is 0.496 e. The molecule has 2 N–H and O–H groups in total. The molecule has 0 bridgehead atoms. The Kier molecular flexibility index (Phi) is 6.88. The predicted octanol–water partition coefficient (Wildman–Crippen LogP) is 3.40. The van der Waals surface area contributed by atoms with Gasteiger partial charge in [-0.05, 0) is 24.6 Å². The second-order valence-electron chi connectivity index (χ2n) is 5.11. The molecule has 2 aromatic rings. The lowest BCUT2D eigenvalue weighted by molar-refractivity contribution is 0.409. The van der Waals surface area contributed by atoms with Gasteiger partial charge in [-0.25, -0.2) is 4.39 Å². The fourth-order valence-electron chi connectivity index (χ4n) is 2.33. The maximum atomic E-state index is 13.7. The summed E-state index contributed by atoms with van der Waals surface area (Å²) in [5.74, 6) is 1.16. The number of hydrogen-bond acceptors (Lipinski definition) is 2. The van der Waals surface area contributed by atoms with E-state index in [0.29, 0.717) is 36.1 Å². The molecule has 2 rings (SSSR count). The Morgan fingerprint density at radius 3 is 2.67 bits per heavy atom. The van der Waals surface area contributed by atoms with Crippen molar-refractivity contribution in [2.75, 3.05) is 20.7 Å². The van der Waals surface area contributed by atoms with Crippen molar-refractivity contribution in [2.24, 2.45) is 4.99 Å². The first-order valence-electron chi connectivity index (χ1n) is 7.65. The Hall–Kier alpha value is -2.27. The highest BCUT2D eigenvalue weighted by Crippen LogP contribution is 2.19. The Morgan fingerprint density at radius 1 is 1.17 bits per heavy atom. The van der Waals surface area contributed by atoms with Crippen LogP contribution < -0.4 is 15.4 Å². The summed E-state index contributed by atoms with van der Waals surface area (Å²) >= 11 is 6.03. The number of rotatable bonds is 6. The number of ether oxygens (including phenoxy) is 1. The summed E-state index contributed by atoms with van der Waals surface area (Å²) in [4.78, 5) is 4.16. The lowest BCUT2D eigenvalue weighted by Crippen LogP contribution is -2.38. The first-order chi connectivity index (χ1) is 11.7. The summed E-state index contributed by atoms with van der Waals surface area (Å²) < 4.78 is 19.1. The molecule has 0 spiro atoms. The molecule has 0 aliphatic heterocycles. The van der Waals surface area contributed by atoms with E-state index in [1.165, 1.54) is 6.07 Å². The number of hydrogen-bond donors (Lipinski definition) is 2. The highest BCUT2D eigenvalue weighted by molar-refractivity contribution is 6.31. The van der Waals surface area contributed by atoms with Crippen molar-refractivity contribution in [2.45, 2.75) is 13.0 Å². The lowest BCUT2D eigenvalue weighted by Gasteiger charge is -2.14. The van der Waals surface area contributed by atoms with Gasteiger partial charge < -0.3 is 15.4 Å². The molecule has 0 unspecified atom stereocenters. The zero-order valence-corrected chi connectivity index (χ0v) is 14.5. The first-order valence-corrected chi connectivity index (χ1v) is 8.02. The van der Waals surface area contributed by atoms with Crippen LogP contribution in [0, 0.1) is 5.82 Å². The van der Waals surface area contributed by atoms with E-state index in [9.17, 15) is 4.39 Å². The molecule has 24 heavy (non-hydrogen) atoms. The van der Waals surface area contributed by atoms with E-state index in [4.69, 9.17) is 16.3 Å². The van der Waals surface area contributed by atoms with Crippen LogP contribution in [0.25, 0.3) is 0 Å². The van der Waals surface area contributed by atoms with Crippen molar-refractivity contribution >= 4 is 17.6 Å². The van der Waals surface area contributed by atoms with Crippen molar-refractivity contribution in [3.63, 3.8) is 0 Å². The first kappa shape index (κ1) is 18.1. The van der Waals surface area contributed by atoms with E-state index >= 15 is 0 Å². The molecule has 128 valence electrons. The molecule has 0 saturated carbocycles. The summed E-state index contributed by atoms with van der Waals surface area (Å²) in [6, 6.07) is 12.5. The zero-order chi connectivity index (χ0) is 17.4. The molecule has 0 aliphatic carbocycles. The number of methoxy groups -OCH3 is 1. The Morgan fingerprint density at radius 2 is 1.96 bits per heavy atom. The van der Waals surface area contributed by atoms with Gasteiger partial charge >= 0.3 is 0 Å². The molecule has 0 heterocycles. The van der Waals surface area contributed by atoms with Crippen LogP contribution in [0.15, 0.2) is 47.5 Å². The normalized spacial score (nSPS) is 11.2. The van der Waals surface area contributed by atoms with Crippen LogP contribution in [-0.4, -0.2) is 26.7 Å². The van der Waals surface area contributed by atoms with E-state index in [0.717, 1.165) is 11.3 Å². The van der Waals surface area contributed by atoms with E-state index in [1.807, 2.05) is 24.3 Å². The van der Waals surface area contributed by atoms with E-state index in [2.05, 4.69) is 15.6 Å². The molecule has 0 fully saturated rings. The monoisotopic (exact) mass is 349 g/mol. The van der Waals surface area contributed by atoms with Crippen LogP contribution in [-0.2, 0) is 13.0 Å². The van der Waals surface area contributed by atoms with Crippen LogP contribution in [0.1, 0.15) is 11.1 Å². The standard InChI is InChI=1S/C18H21ClFN3O/c1-21-18(23-12-13-6-3-4-9-17(13)24-2)22-11-10-14-15(19)7-5-8-16(14)20/h3-9H,10-12H2,1-2H3,(H2,21,22,23). The summed E-state index contributed by atoms with van der Waals surface area (Å²) in [5, 5.41) is 6.80. The average molecular weight is 350 g/mol. The van der Waals surface area contributed by atoms with Crippen molar-refractivity contribution in [3.8, 4) is 5.75 Å². The van der Waals surface area contributed by atoms with Crippen LogP contribution >= 0.6 is 11.6 Å². The number of nitrogens with one attached hydrogen (secondary N) is 2. The molecular formula is C18H21ClFN3O. The van der Waals surface area contributed by atoms with Gasteiger partial charge in [0, 0.05) is 36.3 Å². The van der Waals surface area contributed by atoms with Gasteiger partial charge in [-0.2, -0.15) is 0 Å². The van der Waals surface area contributed by atoms with Crippen molar-refractivity contribution < 1.29 is 9.13 Å². The van der Waals surface area contributed by atoms with Gasteiger partial charge in [0.05, 0.1) is 7.11 Å². The smallest absolute Gasteiger partial charge is 0.191 e. The third-order valence-electron chi connectivity index (χ3n) is 3.59. The SMILES string of the molecule is CN=C(NCCc1c(F)cccc1Cl)NCc1ccccc1OC. The number of aliphatic imine (C=N–C) groups is 1. The number of benzene rings is 2. The molecule has 2 aromatic carbocycles. The highest BCUT2D eigenvalue weighted by Gasteiger charge is 2.07. The third-order valence-corrected chi connectivity index (χ3v) is 3.95. The van der Waals surface area contributed by atoms with Crippen LogP contribution in [0.5, 0.6) is 5.75 Å². The van der Waals surface area contributed by atoms with E-state index in [-0.39, 0.29) is 5.82 Å². The molecule has 0 radical (unpaired) electrons. The van der Waals surface area contributed by atoms with E-state index < -0.39 is 0 Å². The minimum absolute atomic E-state index is 0.290. The van der Waals surface area contributed by atoms with Gasteiger partial charge in [-0.1, -0.05) is 35.9 Å². The fourth-order valence-corrected chi connectivity index (χ4v) is 2.58. The van der Waals surface area contributed by atoms with Crippen LogP contribution in [0.3, 0.4) is 0 Å². The summed E-state index contributed by atoms with van der Waals surface area (Å²) in [6.07, 6.45) is 0.473. The zero-order valence-electron chi connectivity index (χ0n) is 13.8. The maximum absolute atomic E-state index is 13.7. The lowest BCUT2D eigenvalue weighted by atomic mass is 10.1. The minimum Gasteiger partial charge on any atom is -0.496 e. The van der Waals surface area contributed by atoms with Gasteiger partial charge in [0.15, 0.2) is 5.96 Å². The van der Waals surface area contributed by atoms with Gasteiger partial charge in [0.25, 0.3) is 0 Å². The molecular weight excluding hydrogens is 329 g/mol. The van der Waals surface area contributed by atoms with Gasteiger partial charge in [0.1, 0.15) is 11.6 Å². The second-order valence-corrected chi connectivity index (χ2v) is 5.52. The molecule has 0 aliphatic rings. The molecule has 0 saturated heterocycles. The van der Waals surface area contributed by atoms with Crippen molar-refractivity contribution in [1.82, 2.24) is 10.6 Å². The Bertz CT molecular complexity index is 686. The van der Waals surface area contributed by atoms with Crippen molar-refractivity contribution in [3.05, 3.63) is 64.4 Å². The topological polar surface area (TPSA) is 45.7 Å². The Labute approximate surface area is 146 Å². The minimum atomic E-state index is -0.290. The average Bonchev–Trinajstić information content (AvgIpc) is 2.60. The molecule has 6 heteroatoms. The van der Waals surface area contributed by atoms with Gasteiger partial charge in [-0.3, -0.25) is 4.99 Å². The highest BCUT2D eigenvalue weighted by atomic mass is 35.5. The summed E-state index contributed by atoms with van der Waals surface area (Å²) in [6.45, 7) is 1.09. The third kappa shape index (κ3) is 4.86. The van der Waals surface area contributed by atoms with Crippen LogP contribution in [0.2, 0.25) is 5.02 Å². The number of para-hydroxylation sites is 1. The number of nitrogens with zero attached hydrogens (tertiary/aromatic N) is 1. The molecule has 0 atom stereocenters. The fraction of sp³-hybridized carbons (Fsp3) is 0.278. The van der Waals surface area contributed by atoms with Crippen LogP contribution in [0.4, 0.5) is 4.39 Å². The van der Waals surface area contributed by atoms with Gasteiger partial charge in [0.2, 0.25) is 0 Å².